The van der Waals surface area contributed by atoms with Crippen LogP contribution in [0.3, 0.4) is 0 Å². The summed E-state index contributed by atoms with van der Waals surface area (Å²) in [6.45, 7) is 0. The highest BCUT2D eigenvalue weighted by molar-refractivity contribution is 5.99. The second-order valence-electron chi connectivity index (χ2n) is 10.8. The molecule has 0 bridgehead atoms. The highest BCUT2D eigenvalue weighted by Gasteiger charge is 2.18. The largest absolute Gasteiger partial charge is 0.353 e. The van der Waals surface area contributed by atoms with E-state index in [1.54, 1.807) is 0 Å². The summed E-state index contributed by atoms with van der Waals surface area (Å²) in [6.07, 6.45) is 0. The second-order valence-corrected chi connectivity index (χ2v) is 10.8. The fourth-order valence-corrected chi connectivity index (χ4v) is 5.68. The number of hydrogen-bond donors (Lipinski definition) is 2. The molecule has 210 valence electrons. The molecule has 2 nitrogen and oxygen atoms in total. The smallest absolute Gasteiger partial charge is 0.0709 e. The van der Waals surface area contributed by atoms with Gasteiger partial charge in [-0.05, 0) is 57.6 Å². The van der Waals surface area contributed by atoms with Crippen molar-refractivity contribution in [3.05, 3.63) is 182 Å². The summed E-state index contributed by atoms with van der Waals surface area (Å²) in [5.41, 5.74) is 13.3. The molecule has 0 saturated carbocycles. The molecule has 0 spiro atoms. The third-order valence-electron chi connectivity index (χ3n) is 7.85. The molecule has 7 aromatic carbocycles. The molecule has 0 aliphatic carbocycles. The zero-order chi connectivity index (χ0) is 29.6. The van der Waals surface area contributed by atoms with E-state index in [9.17, 15) is 0 Å². The average Bonchev–Trinajstić information content (AvgIpc) is 3.11. The van der Waals surface area contributed by atoms with Gasteiger partial charge in [0.1, 0.15) is 0 Å². The van der Waals surface area contributed by atoms with Crippen LogP contribution in [-0.4, -0.2) is 0 Å². The molecule has 0 aromatic heterocycles. The van der Waals surface area contributed by atoms with Crippen molar-refractivity contribution < 1.29 is 0 Å². The lowest BCUT2D eigenvalue weighted by molar-refractivity contribution is 1.48. The lowest BCUT2D eigenvalue weighted by Crippen LogP contribution is -2.02. The van der Waals surface area contributed by atoms with Crippen LogP contribution in [0, 0.1) is 0 Å². The summed E-state index contributed by atoms with van der Waals surface area (Å²) in [5.74, 6) is 0. The minimum Gasteiger partial charge on any atom is -0.353 e. The lowest BCUT2D eigenvalue weighted by Gasteiger charge is -2.23. The molecule has 7 rings (SSSR count). The Morgan fingerprint density at radius 2 is 0.568 bits per heavy atom. The molecule has 7 aromatic rings. The van der Waals surface area contributed by atoms with E-state index in [0.717, 1.165) is 45.0 Å². The first-order valence-electron chi connectivity index (χ1n) is 14.9. The molecule has 0 fully saturated rings. The molecule has 2 heteroatoms. The fourth-order valence-electron chi connectivity index (χ4n) is 5.68. The fraction of sp³-hybridized carbons (Fsp3) is 0. The van der Waals surface area contributed by atoms with Gasteiger partial charge in [-0.1, -0.05) is 158 Å². The Labute approximate surface area is 259 Å². The minimum absolute atomic E-state index is 1.02. The third-order valence-corrected chi connectivity index (χ3v) is 7.85. The van der Waals surface area contributed by atoms with Crippen molar-refractivity contribution in [2.75, 3.05) is 10.6 Å². The summed E-state index contributed by atoms with van der Waals surface area (Å²) >= 11 is 0. The molecular formula is C42H32N2. The summed E-state index contributed by atoms with van der Waals surface area (Å²) in [6, 6.07) is 63.9. The van der Waals surface area contributed by atoms with Crippen molar-refractivity contribution in [1.82, 2.24) is 0 Å². The summed E-state index contributed by atoms with van der Waals surface area (Å²) < 4.78 is 0. The standard InChI is InChI=1S/C42H32N2/c1-5-15-31(16-6-1)35-23-13-25-37(29-35)43-41-39(33-19-9-3-10-20-33)27-28-40(34-21-11-4-12-22-34)42(41)44-38-26-14-24-36(30-38)32-17-7-2-8-18-32/h1-30,43-44H. The number of benzene rings is 7. The van der Waals surface area contributed by atoms with E-state index in [4.69, 9.17) is 0 Å². The highest BCUT2D eigenvalue weighted by Crippen LogP contribution is 2.44. The number of anilines is 4. The van der Waals surface area contributed by atoms with E-state index in [1.165, 1.54) is 22.3 Å². The normalized spacial score (nSPS) is 10.7. The Morgan fingerprint density at radius 3 is 0.932 bits per heavy atom. The molecule has 0 radical (unpaired) electrons. The average molecular weight is 565 g/mol. The lowest BCUT2D eigenvalue weighted by atomic mass is 9.95. The molecule has 0 aliphatic heterocycles. The van der Waals surface area contributed by atoms with Crippen LogP contribution in [0.1, 0.15) is 0 Å². The highest BCUT2D eigenvalue weighted by atomic mass is 15.0. The van der Waals surface area contributed by atoms with Gasteiger partial charge in [-0.25, -0.2) is 0 Å². The molecule has 0 atom stereocenters. The topological polar surface area (TPSA) is 24.1 Å². The van der Waals surface area contributed by atoms with Crippen LogP contribution >= 0.6 is 0 Å². The molecular weight excluding hydrogens is 532 g/mol. The monoisotopic (exact) mass is 564 g/mol. The Kier molecular flexibility index (Phi) is 7.71. The Hall–Kier alpha value is -5.86. The molecule has 44 heavy (non-hydrogen) atoms. The van der Waals surface area contributed by atoms with Crippen LogP contribution in [0.25, 0.3) is 44.5 Å². The van der Waals surface area contributed by atoms with Crippen molar-refractivity contribution in [1.29, 1.82) is 0 Å². The van der Waals surface area contributed by atoms with Crippen LogP contribution in [0.5, 0.6) is 0 Å². The van der Waals surface area contributed by atoms with Crippen molar-refractivity contribution in [3.63, 3.8) is 0 Å². The van der Waals surface area contributed by atoms with Gasteiger partial charge < -0.3 is 10.6 Å². The number of rotatable bonds is 8. The molecule has 0 unspecified atom stereocenters. The number of hydrogen-bond acceptors (Lipinski definition) is 2. The molecule has 0 aliphatic rings. The maximum absolute atomic E-state index is 3.86. The van der Waals surface area contributed by atoms with Crippen LogP contribution in [0.2, 0.25) is 0 Å². The predicted molar refractivity (Wildman–Crippen MR) is 188 cm³/mol. The van der Waals surface area contributed by atoms with Crippen LogP contribution < -0.4 is 10.6 Å². The van der Waals surface area contributed by atoms with Gasteiger partial charge in [-0.2, -0.15) is 0 Å². The Bertz CT molecular complexity index is 1840. The minimum atomic E-state index is 1.02. The first-order valence-corrected chi connectivity index (χ1v) is 14.9. The zero-order valence-electron chi connectivity index (χ0n) is 24.3. The van der Waals surface area contributed by atoms with E-state index in [0.29, 0.717) is 0 Å². The Balaban J connectivity index is 1.40. The third kappa shape index (κ3) is 5.88. The van der Waals surface area contributed by atoms with E-state index in [1.807, 2.05) is 0 Å². The van der Waals surface area contributed by atoms with Gasteiger partial charge in [0.15, 0.2) is 0 Å². The van der Waals surface area contributed by atoms with Crippen molar-refractivity contribution >= 4 is 22.7 Å². The molecule has 0 saturated heterocycles. The van der Waals surface area contributed by atoms with Gasteiger partial charge in [-0.15, -0.1) is 0 Å². The SMILES string of the molecule is c1ccc(-c2cccc(Nc3c(-c4ccccc4)ccc(-c4ccccc4)c3Nc3cccc(-c4ccccc4)c3)c2)cc1. The predicted octanol–water partition coefficient (Wildman–Crippen LogP) is 11.8. The van der Waals surface area contributed by atoms with Crippen LogP contribution in [0.15, 0.2) is 182 Å². The maximum Gasteiger partial charge on any atom is 0.0709 e. The van der Waals surface area contributed by atoms with Gasteiger partial charge in [-0.3, -0.25) is 0 Å². The molecule has 0 heterocycles. The van der Waals surface area contributed by atoms with E-state index in [-0.39, 0.29) is 0 Å². The summed E-state index contributed by atoms with van der Waals surface area (Å²) in [7, 11) is 0. The summed E-state index contributed by atoms with van der Waals surface area (Å²) in [4.78, 5) is 0. The molecule has 0 amide bonds. The van der Waals surface area contributed by atoms with Gasteiger partial charge >= 0.3 is 0 Å². The van der Waals surface area contributed by atoms with Crippen molar-refractivity contribution in [2.45, 2.75) is 0 Å². The first-order chi connectivity index (χ1) is 21.8. The van der Waals surface area contributed by atoms with Crippen molar-refractivity contribution in [3.8, 4) is 44.5 Å². The zero-order valence-corrected chi connectivity index (χ0v) is 24.3. The van der Waals surface area contributed by atoms with Gasteiger partial charge in [0.25, 0.3) is 0 Å². The van der Waals surface area contributed by atoms with E-state index < -0.39 is 0 Å². The van der Waals surface area contributed by atoms with E-state index >= 15 is 0 Å². The van der Waals surface area contributed by atoms with Gasteiger partial charge in [0.05, 0.1) is 11.4 Å². The first kappa shape index (κ1) is 27.0. The van der Waals surface area contributed by atoms with Gasteiger partial charge in [0, 0.05) is 22.5 Å². The van der Waals surface area contributed by atoms with Gasteiger partial charge in [0.2, 0.25) is 0 Å². The van der Waals surface area contributed by atoms with E-state index in [2.05, 4.69) is 193 Å². The second kappa shape index (κ2) is 12.6. The maximum atomic E-state index is 3.86. The van der Waals surface area contributed by atoms with Crippen LogP contribution in [0.4, 0.5) is 22.7 Å². The van der Waals surface area contributed by atoms with Crippen molar-refractivity contribution in [2.24, 2.45) is 0 Å². The molecule has 2 N–H and O–H groups in total. The number of nitrogens with one attached hydrogen (secondary N) is 2. The Morgan fingerprint density at radius 1 is 0.250 bits per heavy atom. The summed E-state index contributed by atoms with van der Waals surface area (Å²) in [5, 5.41) is 7.73. The quantitative estimate of drug-likeness (QED) is 0.192. The van der Waals surface area contributed by atoms with Crippen LogP contribution in [-0.2, 0) is 0 Å².